The predicted molar refractivity (Wildman–Crippen MR) is 60.5 cm³/mol. The molecule has 0 atom stereocenters. The number of aromatic nitrogens is 2. The van der Waals surface area contributed by atoms with Crippen LogP contribution in [0.3, 0.4) is 0 Å². The number of aliphatic hydroxyl groups excluding tert-OH is 1. The summed E-state index contributed by atoms with van der Waals surface area (Å²) in [5.74, 6) is 1.61. The number of hydrogen-bond acceptors (Lipinski definition) is 5. The van der Waals surface area contributed by atoms with Crippen LogP contribution in [0.4, 0.5) is 0 Å². The van der Waals surface area contributed by atoms with Crippen LogP contribution in [0.1, 0.15) is 22.9 Å². The van der Waals surface area contributed by atoms with E-state index in [4.69, 9.17) is 9.15 Å². The number of rotatable bonds is 4. The molecule has 1 heterocycles. The van der Waals surface area contributed by atoms with Crippen LogP contribution in [-0.4, -0.2) is 15.3 Å². The molecule has 5 heteroatoms. The molecule has 0 amide bonds. The first-order valence-electron chi connectivity index (χ1n) is 5.32. The van der Waals surface area contributed by atoms with Crippen molar-refractivity contribution >= 4 is 0 Å². The van der Waals surface area contributed by atoms with Crippen molar-refractivity contribution in [2.24, 2.45) is 0 Å². The predicted octanol–water partition coefficient (Wildman–Crippen LogP) is 1.76. The third-order valence-corrected chi connectivity index (χ3v) is 2.37. The quantitative estimate of drug-likeness (QED) is 0.872. The van der Waals surface area contributed by atoms with Crippen LogP contribution >= 0.6 is 0 Å². The number of aryl methyl sites for hydroxylation is 2. The van der Waals surface area contributed by atoms with Crippen molar-refractivity contribution in [3.05, 3.63) is 41.1 Å². The fraction of sp³-hybridized carbons (Fsp3) is 0.333. The summed E-state index contributed by atoms with van der Waals surface area (Å²) in [5.41, 5.74) is 1.72. The monoisotopic (exact) mass is 234 g/mol. The van der Waals surface area contributed by atoms with Gasteiger partial charge >= 0.3 is 0 Å². The summed E-state index contributed by atoms with van der Waals surface area (Å²) in [6.07, 6.45) is 0. The van der Waals surface area contributed by atoms with Gasteiger partial charge in [0.05, 0.1) is 6.61 Å². The molecule has 0 aliphatic carbocycles. The minimum absolute atomic E-state index is 0.0557. The van der Waals surface area contributed by atoms with E-state index in [0.717, 1.165) is 11.1 Å². The zero-order valence-electron chi connectivity index (χ0n) is 9.80. The summed E-state index contributed by atoms with van der Waals surface area (Å²) in [5, 5.41) is 16.8. The molecule has 0 aliphatic heterocycles. The molecule has 0 aliphatic rings. The van der Waals surface area contributed by atoms with E-state index >= 15 is 0 Å². The van der Waals surface area contributed by atoms with Crippen molar-refractivity contribution in [3.63, 3.8) is 0 Å². The Morgan fingerprint density at radius 2 is 2.12 bits per heavy atom. The zero-order chi connectivity index (χ0) is 12.3. The largest absolute Gasteiger partial charge is 0.483 e. The van der Waals surface area contributed by atoms with Gasteiger partial charge in [-0.25, -0.2) is 0 Å². The Kier molecular flexibility index (Phi) is 3.39. The first kappa shape index (κ1) is 11.6. The van der Waals surface area contributed by atoms with Crippen LogP contribution < -0.4 is 4.74 Å². The van der Waals surface area contributed by atoms with Crippen molar-refractivity contribution in [2.75, 3.05) is 0 Å². The topological polar surface area (TPSA) is 68.4 Å². The van der Waals surface area contributed by atoms with Gasteiger partial charge in [-0.1, -0.05) is 18.2 Å². The van der Waals surface area contributed by atoms with Gasteiger partial charge in [0.1, 0.15) is 5.75 Å². The lowest BCUT2D eigenvalue weighted by molar-refractivity contribution is 0.238. The van der Waals surface area contributed by atoms with Crippen LogP contribution in [0.5, 0.6) is 5.75 Å². The van der Waals surface area contributed by atoms with Gasteiger partial charge in [0.2, 0.25) is 5.89 Å². The number of para-hydroxylation sites is 1. The van der Waals surface area contributed by atoms with Crippen LogP contribution in [0.2, 0.25) is 0 Å². The average Bonchev–Trinajstić information content (AvgIpc) is 2.73. The van der Waals surface area contributed by atoms with Crippen LogP contribution in [0.25, 0.3) is 0 Å². The second kappa shape index (κ2) is 4.97. The van der Waals surface area contributed by atoms with E-state index in [9.17, 15) is 5.11 Å². The lowest BCUT2D eigenvalue weighted by Crippen LogP contribution is -2.01. The van der Waals surface area contributed by atoms with Crippen LogP contribution in [0, 0.1) is 13.8 Å². The van der Waals surface area contributed by atoms with Gasteiger partial charge in [-0.2, -0.15) is 0 Å². The summed E-state index contributed by atoms with van der Waals surface area (Å²) in [7, 11) is 0. The fourth-order valence-electron chi connectivity index (χ4n) is 1.57. The van der Waals surface area contributed by atoms with Crippen LogP contribution in [0.15, 0.2) is 22.6 Å². The fourth-order valence-corrected chi connectivity index (χ4v) is 1.57. The molecule has 90 valence electrons. The molecule has 0 radical (unpaired) electrons. The number of hydrogen-bond donors (Lipinski definition) is 1. The highest BCUT2D eigenvalue weighted by Gasteiger charge is 2.08. The summed E-state index contributed by atoms with van der Waals surface area (Å²) >= 11 is 0. The number of benzene rings is 1. The molecule has 1 aromatic carbocycles. The Bertz CT molecular complexity index is 508. The third kappa shape index (κ3) is 2.62. The maximum atomic E-state index is 9.21. The van der Waals surface area contributed by atoms with Crippen molar-refractivity contribution in [2.45, 2.75) is 27.1 Å². The summed E-state index contributed by atoms with van der Waals surface area (Å²) in [6.45, 7) is 3.80. The lowest BCUT2D eigenvalue weighted by atomic mass is 10.1. The first-order chi connectivity index (χ1) is 8.20. The van der Waals surface area contributed by atoms with Gasteiger partial charge in [0.25, 0.3) is 5.89 Å². The highest BCUT2D eigenvalue weighted by Crippen LogP contribution is 2.24. The van der Waals surface area contributed by atoms with Crippen LogP contribution in [-0.2, 0) is 13.2 Å². The Labute approximate surface area is 99.1 Å². The first-order valence-corrected chi connectivity index (χ1v) is 5.32. The number of nitrogens with zero attached hydrogens (tertiary/aromatic N) is 2. The van der Waals surface area contributed by atoms with E-state index in [-0.39, 0.29) is 13.2 Å². The van der Waals surface area contributed by atoms with Gasteiger partial charge in [-0.15, -0.1) is 10.2 Å². The molecule has 0 fully saturated rings. The van der Waals surface area contributed by atoms with Gasteiger partial charge in [0, 0.05) is 12.5 Å². The van der Waals surface area contributed by atoms with E-state index in [1.165, 1.54) is 0 Å². The second-order valence-corrected chi connectivity index (χ2v) is 3.72. The Morgan fingerprint density at radius 3 is 2.76 bits per heavy atom. The highest BCUT2D eigenvalue weighted by molar-refractivity contribution is 5.40. The molecule has 2 rings (SSSR count). The molecule has 0 saturated carbocycles. The lowest BCUT2D eigenvalue weighted by Gasteiger charge is -2.11. The third-order valence-electron chi connectivity index (χ3n) is 2.37. The highest BCUT2D eigenvalue weighted by atomic mass is 16.5. The number of aliphatic hydroxyl groups is 1. The maximum Gasteiger partial charge on any atom is 0.253 e. The Morgan fingerprint density at radius 1 is 1.29 bits per heavy atom. The second-order valence-electron chi connectivity index (χ2n) is 3.72. The molecule has 1 N–H and O–H groups in total. The van der Waals surface area contributed by atoms with E-state index in [1.54, 1.807) is 6.92 Å². The van der Waals surface area contributed by atoms with E-state index in [1.807, 2.05) is 25.1 Å². The normalized spacial score (nSPS) is 10.5. The zero-order valence-corrected chi connectivity index (χ0v) is 9.80. The summed E-state index contributed by atoms with van der Waals surface area (Å²) in [6, 6.07) is 5.62. The van der Waals surface area contributed by atoms with Gasteiger partial charge in [-0.3, -0.25) is 0 Å². The molecule has 2 aromatic rings. The molecule has 0 unspecified atom stereocenters. The molecule has 5 nitrogen and oxygen atoms in total. The van der Waals surface area contributed by atoms with Crippen molar-refractivity contribution in [1.82, 2.24) is 10.2 Å². The number of ether oxygens (including phenoxy) is 1. The SMILES string of the molecule is Cc1nnc(COc2c(C)cccc2CO)o1. The van der Waals surface area contributed by atoms with Gasteiger partial charge < -0.3 is 14.3 Å². The van der Waals surface area contributed by atoms with E-state index in [0.29, 0.717) is 17.5 Å². The molecule has 1 aromatic heterocycles. The van der Waals surface area contributed by atoms with Crippen molar-refractivity contribution in [1.29, 1.82) is 0 Å². The average molecular weight is 234 g/mol. The standard InChI is InChI=1S/C12H14N2O3/c1-8-4-3-5-10(6-15)12(8)16-7-11-14-13-9(2)17-11/h3-5,15H,6-7H2,1-2H3. The molecule has 17 heavy (non-hydrogen) atoms. The van der Waals surface area contributed by atoms with E-state index in [2.05, 4.69) is 10.2 Å². The molecule has 0 spiro atoms. The summed E-state index contributed by atoms with van der Waals surface area (Å²) < 4.78 is 10.8. The van der Waals surface area contributed by atoms with Gasteiger partial charge in [0.15, 0.2) is 6.61 Å². The molecular formula is C12H14N2O3. The van der Waals surface area contributed by atoms with Crippen molar-refractivity contribution < 1.29 is 14.3 Å². The summed E-state index contributed by atoms with van der Waals surface area (Å²) in [4.78, 5) is 0. The molecule has 0 bridgehead atoms. The molecular weight excluding hydrogens is 220 g/mol. The minimum atomic E-state index is -0.0557. The van der Waals surface area contributed by atoms with Crippen molar-refractivity contribution in [3.8, 4) is 5.75 Å². The molecule has 0 saturated heterocycles. The minimum Gasteiger partial charge on any atom is -0.483 e. The smallest absolute Gasteiger partial charge is 0.253 e. The van der Waals surface area contributed by atoms with Gasteiger partial charge in [-0.05, 0) is 12.5 Å². The Balaban J connectivity index is 2.13. The van der Waals surface area contributed by atoms with E-state index < -0.39 is 0 Å². The Hall–Kier alpha value is -1.88. The maximum absolute atomic E-state index is 9.21.